The van der Waals surface area contributed by atoms with Gasteiger partial charge in [0.1, 0.15) is 11.4 Å². The standard InChI is InChI=1S/C26H29NO10/c1-30-15-9-13(10-16(31-2)23(15)34-5)19-20(22(26(29)37-8)27-21(19)25(28)36-7)14-11-17(32-3)24(35-6)18(12-14)33-4/h9-12,27H,1-8H3. The van der Waals surface area contributed by atoms with E-state index in [0.717, 1.165) is 0 Å². The van der Waals surface area contributed by atoms with Gasteiger partial charge in [-0.15, -0.1) is 0 Å². The van der Waals surface area contributed by atoms with Crippen LogP contribution in [0.15, 0.2) is 24.3 Å². The Balaban J connectivity index is 2.53. The molecule has 11 nitrogen and oxygen atoms in total. The molecule has 0 aliphatic rings. The molecular weight excluding hydrogens is 486 g/mol. The number of methoxy groups -OCH3 is 8. The third kappa shape index (κ3) is 4.80. The number of ether oxygens (including phenoxy) is 8. The van der Waals surface area contributed by atoms with Crippen molar-refractivity contribution in [2.75, 3.05) is 56.9 Å². The first-order valence-electron chi connectivity index (χ1n) is 10.9. The second kappa shape index (κ2) is 11.5. The van der Waals surface area contributed by atoms with E-state index in [1.807, 2.05) is 0 Å². The molecule has 0 aliphatic carbocycles. The van der Waals surface area contributed by atoms with E-state index in [4.69, 9.17) is 37.9 Å². The van der Waals surface area contributed by atoms with E-state index < -0.39 is 11.9 Å². The molecule has 3 rings (SSSR count). The fraction of sp³-hybridized carbons (Fsp3) is 0.308. The fourth-order valence-corrected chi connectivity index (χ4v) is 4.04. The maximum absolute atomic E-state index is 12.9. The summed E-state index contributed by atoms with van der Waals surface area (Å²) in [5, 5.41) is 0. The maximum atomic E-state index is 12.9. The predicted molar refractivity (Wildman–Crippen MR) is 134 cm³/mol. The SMILES string of the molecule is COC(=O)c1[nH]c(C(=O)OC)c(-c2cc(OC)c(OC)c(OC)c2)c1-c1cc(OC)c(OC)c(OC)c1. The molecule has 0 saturated carbocycles. The molecule has 1 N–H and O–H groups in total. The van der Waals surface area contributed by atoms with Gasteiger partial charge in [0.25, 0.3) is 0 Å². The van der Waals surface area contributed by atoms with Crippen molar-refractivity contribution in [3.8, 4) is 56.8 Å². The van der Waals surface area contributed by atoms with Crippen LogP contribution in [0, 0.1) is 0 Å². The molecule has 0 unspecified atom stereocenters. The summed E-state index contributed by atoms with van der Waals surface area (Å²) in [6, 6.07) is 6.61. The zero-order chi connectivity index (χ0) is 27.3. The van der Waals surface area contributed by atoms with Gasteiger partial charge in [0, 0.05) is 11.1 Å². The summed E-state index contributed by atoms with van der Waals surface area (Å²) in [4.78, 5) is 28.7. The third-order valence-electron chi connectivity index (χ3n) is 5.69. The van der Waals surface area contributed by atoms with E-state index in [-0.39, 0.29) is 11.4 Å². The Morgan fingerprint density at radius 1 is 0.514 bits per heavy atom. The molecule has 2 aromatic carbocycles. The van der Waals surface area contributed by atoms with E-state index in [9.17, 15) is 9.59 Å². The van der Waals surface area contributed by atoms with Gasteiger partial charge in [-0.3, -0.25) is 0 Å². The normalized spacial score (nSPS) is 10.4. The summed E-state index contributed by atoms with van der Waals surface area (Å²) in [5.74, 6) is 0.625. The number of benzene rings is 2. The number of carbonyl (C=O) groups excluding carboxylic acids is 2. The second-order valence-corrected chi connectivity index (χ2v) is 7.44. The molecule has 37 heavy (non-hydrogen) atoms. The summed E-state index contributed by atoms with van der Waals surface area (Å²) in [6.07, 6.45) is 0. The molecule has 1 heterocycles. The van der Waals surface area contributed by atoms with Gasteiger partial charge in [-0.1, -0.05) is 0 Å². The quantitative estimate of drug-likeness (QED) is 0.397. The summed E-state index contributed by atoms with van der Waals surface area (Å²) < 4.78 is 43.0. The Labute approximate surface area is 214 Å². The Kier molecular flexibility index (Phi) is 8.38. The summed E-state index contributed by atoms with van der Waals surface area (Å²) in [5.41, 5.74) is 1.57. The molecule has 0 radical (unpaired) electrons. The molecule has 11 heteroatoms. The van der Waals surface area contributed by atoms with Crippen LogP contribution in [0.4, 0.5) is 0 Å². The lowest BCUT2D eigenvalue weighted by Gasteiger charge is -2.17. The van der Waals surface area contributed by atoms with Crippen LogP contribution >= 0.6 is 0 Å². The van der Waals surface area contributed by atoms with Crippen molar-refractivity contribution in [1.29, 1.82) is 0 Å². The number of rotatable bonds is 10. The van der Waals surface area contributed by atoms with E-state index in [0.29, 0.717) is 56.8 Å². The predicted octanol–water partition coefficient (Wildman–Crippen LogP) is 3.97. The van der Waals surface area contributed by atoms with Crippen molar-refractivity contribution in [2.24, 2.45) is 0 Å². The van der Waals surface area contributed by atoms with Gasteiger partial charge >= 0.3 is 11.9 Å². The van der Waals surface area contributed by atoms with Crippen molar-refractivity contribution >= 4 is 11.9 Å². The largest absolute Gasteiger partial charge is 0.493 e. The minimum absolute atomic E-state index is 0.000856. The topological polar surface area (TPSA) is 124 Å². The Morgan fingerprint density at radius 2 is 0.811 bits per heavy atom. The second-order valence-electron chi connectivity index (χ2n) is 7.44. The molecular formula is C26H29NO10. The van der Waals surface area contributed by atoms with Crippen LogP contribution < -0.4 is 28.4 Å². The van der Waals surface area contributed by atoms with Crippen LogP contribution in [0.1, 0.15) is 21.0 Å². The van der Waals surface area contributed by atoms with E-state index in [2.05, 4.69) is 4.98 Å². The highest BCUT2D eigenvalue weighted by atomic mass is 16.5. The smallest absolute Gasteiger partial charge is 0.355 e. The molecule has 3 aromatic rings. The van der Waals surface area contributed by atoms with Crippen molar-refractivity contribution in [3.05, 3.63) is 35.7 Å². The van der Waals surface area contributed by atoms with Crippen molar-refractivity contribution < 1.29 is 47.5 Å². The first kappa shape index (κ1) is 27.1. The average molecular weight is 516 g/mol. The zero-order valence-corrected chi connectivity index (χ0v) is 21.9. The van der Waals surface area contributed by atoms with Gasteiger partial charge in [-0.2, -0.15) is 0 Å². The minimum atomic E-state index is -0.715. The van der Waals surface area contributed by atoms with Crippen molar-refractivity contribution in [2.45, 2.75) is 0 Å². The summed E-state index contributed by atoms with van der Waals surface area (Å²) in [6.45, 7) is 0. The van der Waals surface area contributed by atoms with Crippen LogP contribution in [0.3, 0.4) is 0 Å². The number of aromatic amines is 1. The number of hydrogen-bond donors (Lipinski definition) is 1. The van der Waals surface area contributed by atoms with Crippen LogP contribution in [0.5, 0.6) is 34.5 Å². The van der Waals surface area contributed by atoms with E-state index in [1.165, 1.54) is 56.9 Å². The molecule has 198 valence electrons. The first-order chi connectivity index (χ1) is 17.8. The maximum Gasteiger partial charge on any atom is 0.355 e. The number of carbonyl (C=O) groups is 2. The highest BCUT2D eigenvalue weighted by Crippen LogP contribution is 2.48. The molecule has 0 spiro atoms. The Morgan fingerprint density at radius 3 is 1.03 bits per heavy atom. The van der Waals surface area contributed by atoms with Crippen LogP contribution in [0.2, 0.25) is 0 Å². The number of aromatic nitrogens is 1. The van der Waals surface area contributed by atoms with Crippen LogP contribution in [-0.2, 0) is 9.47 Å². The third-order valence-corrected chi connectivity index (χ3v) is 5.69. The van der Waals surface area contributed by atoms with Gasteiger partial charge in [0.05, 0.1) is 56.9 Å². The summed E-state index contributed by atoms with van der Waals surface area (Å²) >= 11 is 0. The average Bonchev–Trinajstić information content (AvgIpc) is 3.35. The van der Waals surface area contributed by atoms with Gasteiger partial charge in [-0.25, -0.2) is 9.59 Å². The molecule has 0 fully saturated rings. The summed E-state index contributed by atoms with van der Waals surface area (Å²) in [7, 11) is 11.3. The van der Waals surface area contributed by atoms with E-state index >= 15 is 0 Å². The van der Waals surface area contributed by atoms with Gasteiger partial charge in [-0.05, 0) is 35.4 Å². The monoisotopic (exact) mass is 515 g/mol. The lowest BCUT2D eigenvalue weighted by Crippen LogP contribution is -2.06. The molecule has 0 saturated heterocycles. The highest BCUT2D eigenvalue weighted by Gasteiger charge is 2.31. The number of nitrogens with one attached hydrogen (secondary N) is 1. The Hall–Kier alpha value is -4.54. The molecule has 0 bridgehead atoms. The highest BCUT2D eigenvalue weighted by molar-refractivity contribution is 6.09. The Bertz CT molecular complexity index is 1160. The van der Waals surface area contributed by atoms with Gasteiger partial charge in [0.15, 0.2) is 23.0 Å². The molecule has 1 aromatic heterocycles. The van der Waals surface area contributed by atoms with Gasteiger partial charge in [0.2, 0.25) is 11.5 Å². The lowest BCUT2D eigenvalue weighted by molar-refractivity contribution is 0.0591. The molecule has 0 amide bonds. The van der Waals surface area contributed by atoms with Gasteiger partial charge < -0.3 is 42.9 Å². The van der Waals surface area contributed by atoms with Crippen LogP contribution in [-0.4, -0.2) is 73.8 Å². The van der Waals surface area contributed by atoms with Crippen molar-refractivity contribution in [3.63, 3.8) is 0 Å². The lowest BCUT2D eigenvalue weighted by atomic mass is 9.93. The number of hydrogen-bond acceptors (Lipinski definition) is 10. The first-order valence-corrected chi connectivity index (χ1v) is 10.9. The van der Waals surface area contributed by atoms with Crippen LogP contribution in [0.25, 0.3) is 22.3 Å². The fourth-order valence-electron chi connectivity index (χ4n) is 4.04. The number of esters is 2. The van der Waals surface area contributed by atoms with Crippen molar-refractivity contribution in [1.82, 2.24) is 4.98 Å². The molecule has 0 atom stereocenters. The van der Waals surface area contributed by atoms with E-state index in [1.54, 1.807) is 24.3 Å². The molecule has 0 aliphatic heterocycles. The zero-order valence-electron chi connectivity index (χ0n) is 21.9. The minimum Gasteiger partial charge on any atom is -0.493 e. The number of H-pyrrole nitrogens is 1.